The first-order valence-corrected chi connectivity index (χ1v) is 24.6. The Morgan fingerprint density at radius 2 is 1.20 bits per heavy atom. The SMILES string of the molecule is CCCCCCCC/C=C/CCCCCCCC(=O)OCC(COP(=O)(O)OCC[N+](C)(C)C)OC(=O)CCCCCCCCCCCNC(=O)c1c(F)c(F)c(N=[N+]=[N-])c(F)c1F. The monoisotopic (exact) mass is 937 g/mol. The molecule has 0 aliphatic carbocycles. The second-order valence-electron chi connectivity index (χ2n) is 17.1. The van der Waals surface area contributed by atoms with E-state index in [0.29, 0.717) is 36.7 Å². The molecule has 366 valence electrons. The minimum absolute atomic E-state index is 0.0204. The number of amides is 1. The number of quaternary nitrogens is 1. The van der Waals surface area contributed by atoms with E-state index >= 15 is 0 Å². The number of likely N-dealkylation sites (N-methyl/N-ethyl adjacent to an activating group) is 1. The predicted octanol–water partition coefficient (Wildman–Crippen LogP) is 12.1. The lowest BCUT2D eigenvalue weighted by molar-refractivity contribution is -0.870. The quantitative estimate of drug-likeness (QED) is 0.00619. The van der Waals surface area contributed by atoms with E-state index in [4.69, 9.17) is 24.1 Å². The van der Waals surface area contributed by atoms with Gasteiger partial charge in [0.15, 0.2) is 29.4 Å². The summed E-state index contributed by atoms with van der Waals surface area (Å²) in [5, 5.41) is 4.84. The molecule has 0 bridgehead atoms. The van der Waals surface area contributed by atoms with Crippen LogP contribution in [-0.2, 0) is 32.7 Å². The first kappa shape index (κ1) is 58.5. The Morgan fingerprint density at radius 1 is 0.719 bits per heavy atom. The van der Waals surface area contributed by atoms with Gasteiger partial charge in [-0.3, -0.25) is 23.4 Å². The molecule has 2 atom stereocenters. The lowest BCUT2D eigenvalue weighted by atomic mass is 10.1. The molecule has 0 radical (unpaired) electrons. The average Bonchev–Trinajstić information content (AvgIpc) is 3.23. The third-order valence-corrected chi connectivity index (χ3v) is 11.3. The number of hydrogen-bond donors (Lipinski definition) is 2. The zero-order chi connectivity index (χ0) is 47.6. The molecule has 1 amide bonds. The zero-order valence-electron chi connectivity index (χ0n) is 38.7. The summed E-state index contributed by atoms with van der Waals surface area (Å²) in [5.41, 5.74) is 5.42. The summed E-state index contributed by atoms with van der Waals surface area (Å²) in [7, 11) is 1.24. The van der Waals surface area contributed by atoms with Crippen molar-refractivity contribution in [1.29, 1.82) is 0 Å². The summed E-state index contributed by atoms with van der Waals surface area (Å²) in [6, 6.07) is 0. The van der Waals surface area contributed by atoms with E-state index in [1.807, 2.05) is 21.1 Å². The highest BCUT2D eigenvalue weighted by Gasteiger charge is 2.29. The van der Waals surface area contributed by atoms with Gasteiger partial charge in [-0.05, 0) is 50.5 Å². The van der Waals surface area contributed by atoms with Crippen molar-refractivity contribution in [1.82, 2.24) is 5.32 Å². The Labute approximate surface area is 378 Å². The first-order chi connectivity index (χ1) is 30.5. The van der Waals surface area contributed by atoms with Crippen LogP contribution in [0.1, 0.15) is 171 Å². The number of hydrogen-bond acceptors (Lipinski definition) is 9. The van der Waals surface area contributed by atoms with E-state index in [1.165, 1.54) is 38.5 Å². The molecule has 0 aromatic heterocycles. The topological polar surface area (TPSA) is 186 Å². The number of benzene rings is 1. The number of carbonyl (C=O) groups excluding carboxylic acids is 3. The van der Waals surface area contributed by atoms with Crippen LogP contribution in [0.15, 0.2) is 17.3 Å². The van der Waals surface area contributed by atoms with Crippen LogP contribution in [-0.4, -0.2) is 87.4 Å². The van der Waals surface area contributed by atoms with Crippen molar-refractivity contribution in [3.63, 3.8) is 0 Å². The molecule has 0 aliphatic heterocycles. The number of phosphoric ester groups is 1. The second kappa shape index (κ2) is 34.8. The lowest BCUT2D eigenvalue weighted by Crippen LogP contribution is -2.37. The maximum absolute atomic E-state index is 14.2. The Morgan fingerprint density at radius 3 is 1.72 bits per heavy atom. The maximum atomic E-state index is 14.2. The molecular weight excluding hydrogens is 861 g/mol. The van der Waals surface area contributed by atoms with Crippen LogP contribution in [0.3, 0.4) is 0 Å². The molecule has 2 unspecified atom stereocenters. The molecule has 0 saturated heterocycles. The number of nitrogens with zero attached hydrogens (tertiary/aromatic N) is 4. The fraction of sp³-hybridized carbons (Fsp3) is 0.756. The van der Waals surface area contributed by atoms with E-state index in [9.17, 15) is 41.4 Å². The smallest absolute Gasteiger partial charge is 0.462 e. The van der Waals surface area contributed by atoms with Crippen LogP contribution in [0, 0.1) is 23.3 Å². The van der Waals surface area contributed by atoms with Crippen LogP contribution < -0.4 is 5.32 Å². The molecule has 14 nitrogen and oxygen atoms in total. The molecule has 1 rings (SSSR count). The van der Waals surface area contributed by atoms with Gasteiger partial charge in [-0.15, -0.1) is 0 Å². The minimum atomic E-state index is -4.46. The largest absolute Gasteiger partial charge is 0.472 e. The van der Waals surface area contributed by atoms with Gasteiger partial charge in [-0.25, -0.2) is 22.1 Å². The molecule has 1 aromatic rings. The summed E-state index contributed by atoms with van der Waals surface area (Å²) in [6.45, 7) is 1.84. The third-order valence-electron chi connectivity index (χ3n) is 10.3. The Balaban J connectivity index is 2.35. The molecule has 19 heteroatoms. The number of esters is 2. The third kappa shape index (κ3) is 28.4. The Hall–Kier alpha value is -3.53. The molecule has 0 fully saturated rings. The number of nitrogens with one attached hydrogen (secondary N) is 1. The summed E-state index contributed by atoms with van der Waals surface area (Å²) in [4.78, 5) is 49.7. The van der Waals surface area contributed by atoms with Crippen LogP contribution in [0.4, 0.5) is 23.2 Å². The van der Waals surface area contributed by atoms with Crippen molar-refractivity contribution in [2.75, 3.05) is 54.1 Å². The summed E-state index contributed by atoms with van der Waals surface area (Å²) in [6.07, 6.45) is 25.3. The van der Waals surface area contributed by atoms with E-state index in [1.54, 1.807) is 0 Å². The number of phosphoric acid groups is 1. The van der Waals surface area contributed by atoms with E-state index in [-0.39, 0.29) is 32.6 Å². The van der Waals surface area contributed by atoms with Gasteiger partial charge in [0, 0.05) is 24.3 Å². The predicted molar refractivity (Wildman–Crippen MR) is 239 cm³/mol. The van der Waals surface area contributed by atoms with Crippen molar-refractivity contribution in [3.05, 3.63) is 51.4 Å². The number of ether oxygens (including phenoxy) is 2. The molecule has 0 heterocycles. The fourth-order valence-electron chi connectivity index (χ4n) is 6.48. The highest BCUT2D eigenvalue weighted by molar-refractivity contribution is 7.47. The first-order valence-electron chi connectivity index (χ1n) is 23.1. The van der Waals surface area contributed by atoms with Gasteiger partial charge in [0.1, 0.15) is 31.0 Å². The molecular formula is C45H75F4N5O9P+. The summed E-state index contributed by atoms with van der Waals surface area (Å²) in [5.74, 6) is -10.2. The van der Waals surface area contributed by atoms with Gasteiger partial charge < -0.3 is 24.2 Å². The molecule has 2 N–H and O–H groups in total. The number of carbonyl (C=O) groups is 3. The summed E-state index contributed by atoms with van der Waals surface area (Å²) >= 11 is 0. The normalized spacial score (nSPS) is 13.1. The average molecular weight is 937 g/mol. The van der Waals surface area contributed by atoms with Crippen LogP contribution in [0.2, 0.25) is 0 Å². The molecule has 64 heavy (non-hydrogen) atoms. The van der Waals surface area contributed by atoms with Gasteiger partial charge in [0.2, 0.25) is 0 Å². The van der Waals surface area contributed by atoms with Crippen molar-refractivity contribution >= 4 is 31.4 Å². The van der Waals surface area contributed by atoms with Gasteiger partial charge in [-0.2, -0.15) is 0 Å². The number of azide groups is 1. The van der Waals surface area contributed by atoms with Gasteiger partial charge in [0.25, 0.3) is 5.91 Å². The number of halogens is 4. The molecule has 0 saturated carbocycles. The van der Waals surface area contributed by atoms with E-state index in [2.05, 4.69) is 34.4 Å². The van der Waals surface area contributed by atoms with Crippen molar-refractivity contribution in [2.24, 2.45) is 5.11 Å². The van der Waals surface area contributed by atoms with Gasteiger partial charge in [-0.1, -0.05) is 121 Å². The number of rotatable bonds is 39. The number of unbranched alkanes of at least 4 members (excludes halogenated alkanes) is 19. The Kier molecular flexibility index (Phi) is 31.8. The standard InChI is InChI=1S/C45H74F4N5O9P/c1-5-6-7-8-9-10-11-12-13-14-15-17-20-23-26-29-37(55)60-34-36(35-62-64(58,59)61-33-32-54(2,3)4)63-38(56)30-27-24-21-18-16-19-22-25-28-31-51-45(57)39-40(46)42(48)44(52-53-50)43(49)41(39)47/h12-13,36H,5-11,14-35H2,1-4H3,(H-,51,57,58,59)/p+1/b13-12+. The van der Waals surface area contributed by atoms with E-state index < -0.39 is 72.9 Å². The number of allylic oxidation sites excluding steroid dienone is 2. The zero-order valence-corrected chi connectivity index (χ0v) is 39.6. The highest BCUT2D eigenvalue weighted by Crippen LogP contribution is 2.43. The fourth-order valence-corrected chi connectivity index (χ4v) is 7.22. The Bertz CT molecular complexity index is 1610. The van der Waals surface area contributed by atoms with Gasteiger partial charge >= 0.3 is 19.8 Å². The van der Waals surface area contributed by atoms with Crippen LogP contribution >= 0.6 is 7.82 Å². The van der Waals surface area contributed by atoms with Crippen LogP contribution in [0.5, 0.6) is 0 Å². The second-order valence-corrected chi connectivity index (χ2v) is 18.6. The highest BCUT2D eigenvalue weighted by atomic mass is 31.2. The molecule has 0 spiro atoms. The van der Waals surface area contributed by atoms with Gasteiger partial charge in [0.05, 0.1) is 27.7 Å². The van der Waals surface area contributed by atoms with Crippen molar-refractivity contribution in [2.45, 2.75) is 167 Å². The molecule has 1 aromatic carbocycles. The van der Waals surface area contributed by atoms with Crippen LogP contribution in [0.25, 0.3) is 10.4 Å². The maximum Gasteiger partial charge on any atom is 0.472 e. The molecule has 0 aliphatic rings. The van der Waals surface area contributed by atoms with Crippen molar-refractivity contribution in [3.8, 4) is 0 Å². The van der Waals surface area contributed by atoms with Crippen molar-refractivity contribution < 1.29 is 64.4 Å². The van der Waals surface area contributed by atoms with E-state index in [0.717, 1.165) is 77.0 Å². The summed E-state index contributed by atoms with van der Waals surface area (Å²) < 4.78 is 90.4. The lowest BCUT2D eigenvalue weighted by Gasteiger charge is -2.24. The minimum Gasteiger partial charge on any atom is -0.462 e.